The van der Waals surface area contributed by atoms with Crippen molar-refractivity contribution in [1.82, 2.24) is 4.57 Å². The highest BCUT2D eigenvalue weighted by atomic mass is 32.1. The number of aromatic nitrogens is 1. The van der Waals surface area contributed by atoms with Crippen LogP contribution in [0, 0.1) is 5.82 Å². The van der Waals surface area contributed by atoms with Gasteiger partial charge >= 0.3 is 12.1 Å². The van der Waals surface area contributed by atoms with Gasteiger partial charge in [-0.05, 0) is 36.8 Å². The third kappa shape index (κ3) is 4.07. The lowest BCUT2D eigenvalue weighted by Gasteiger charge is -2.14. The van der Waals surface area contributed by atoms with Gasteiger partial charge in [0.25, 0.3) is 5.91 Å². The summed E-state index contributed by atoms with van der Waals surface area (Å²) in [6.45, 7) is 1.56. The number of amides is 1. The van der Waals surface area contributed by atoms with E-state index in [1.165, 1.54) is 24.3 Å². The third-order valence-corrected chi connectivity index (χ3v) is 5.31. The molecule has 0 fully saturated rings. The Kier molecular flexibility index (Phi) is 5.56. The van der Waals surface area contributed by atoms with E-state index >= 15 is 0 Å². The van der Waals surface area contributed by atoms with E-state index in [1.807, 2.05) is 0 Å². The summed E-state index contributed by atoms with van der Waals surface area (Å²) < 4.78 is 54.5. The average molecular weight is 426 g/mol. The molecule has 1 N–H and O–H groups in total. The van der Waals surface area contributed by atoms with Crippen LogP contribution in [0.1, 0.15) is 35.3 Å². The van der Waals surface area contributed by atoms with Crippen molar-refractivity contribution in [1.29, 1.82) is 0 Å². The SMILES string of the molecule is CCC(C(=O)O)n1/c(=N/C(=O)c2cccc(F)c2)sc2c(C(F)(F)F)cccc21. The van der Waals surface area contributed by atoms with Crippen LogP contribution in [-0.2, 0) is 11.0 Å². The van der Waals surface area contributed by atoms with Crippen LogP contribution in [0.3, 0.4) is 0 Å². The number of hydrogen-bond acceptors (Lipinski definition) is 3. The van der Waals surface area contributed by atoms with Gasteiger partial charge in [0.2, 0.25) is 0 Å². The molecule has 0 aliphatic heterocycles. The van der Waals surface area contributed by atoms with Gasteiger partial charge in [0.1, 0.15) is 11.9 Å². The third-order valence-electron chi connectivity index (χ3n) is 4.21. The first-order valence-electron chi connectivity index (χ1n) is 8.42. The lowest BCUT2D eigenvalue weighted by molar-refractivity contribution is -0.141. The highest BCUT2D eigenvalue weighted by Crippen LogP contribution is 2.37. The second-order valence-corrected chi connectivity index (χ2v) is 7.07. The Bertz CT molecular complexity index is 1160. The summed E-state index contributed by atoms with van der Waals surface area (Å²) >= 11 is 0.564. The molecule has 1 amide bonds. The number of benzene rings is 2. The molecule has 0 spiro atoms. The van der Waals surface area contributed by atoms with E-state index in [0.29, 0.717) is 11.3 Å². The zero-order valence-electron chi connectivity index (χ0n) is 14.9. The molecule has 0 bridgehead atoms. The first-order valence-corrected chi connectivity index (χ1v) is 9.23. The Labute approximate surface area is 165 Å². The number of halogens is 4. The van der Waals surface area contributed by atoms with Crippen LogP contribution in [0.5, 0.6) is 0 Å². The maximum absolute atomic E-state index is 13.4. The van der Waals surface area contributed by atoms with Crippen LogP contribution in [0.25, 0.3) is 10.2 Å². The number of carboxylic acid groups (broad SMARTS) is 1. The minimum atomic E-state index is -4.67. The van der Waals surface area contributed by atoms with Crippen molar-refractivity contribution < 1.29 is 32.3 Å². The molecular formula is C19H14F4N2O3S. The number of carbonyl (C=O) groups excluding carboxylic acids is 1. The van der Waals surface area contributed by atoms with Crippen LogP contribution < -0.4 is 4.80 Å². The minimum Gasteiger partial charge on any atom is -0.480 e. The molecule has 0 radical (unpaired) electrons. The Morgan fingerprint density at radius 2 is 1.90 bits per heavy atom. The zero-order valence-corrected chi connectivity index (χ0v) is 15.7. The molecule has 152 valence electrons. The van der Waals surface area contributed by atoms with Crippen molar-refractivity contribution >= 4 is 33.4 Å². The molecular weight excluding hydrogens is 412 g/mol. The molecule has 10 heteroatoms. The molecule has 1 atom stereocenters. The summed E-state index contributed by atoms with van der Waals surface area (Å²) in [7, 11) is 0. The Morgan fingerprint density at radius 3 is 2.48 bits per heavy atom. The zero-order chi connectivity index (χ0) is 21.3. The fourth-order valence-corrected chi connectivity index (χ4v) is 4.11. The molecule has 0 aliphatic rings. The molecule has 5 nitrogen and oxygen atoms in total. The quantitative estimate of drug-likeness (QED) is 0.618. The molecule has 3 rings (SSSR count). The van der Waals surface area contributed by atoms with Gasteiger partial charge < -0.3 is 9.67 Å². The topological polar surface area (TPSA) is 71.7 Å². The molecule has 0 saturated carbocycles. The van der Waals surface area contributed by atoms with Crippen molar-refractivity contribution in [3.63, 3.8) is 0 Å². The molecule has 1 heterocycles. The van der Waals surface area contributed by atoms with E-state index in [-0.39, 0.29) is 27.0 Å². The molecule has 2 aromatic carbocycles. The summed E-state index contributed by atoms with van der Waals surface area (Å²) in [5.74, 6) is -2.84. The summed E-state index contributed by atoms with van der Waals surface area (Å²) in [4.78, 5) is 27.8. The Hall–Kier alpha value is -3.01. The van der Waals surface area contributed by atoms with Crippen LogP contribution in [0.15, 0.2) is 47.5 Å². The largest absolute Gasteiger partial charge is 0.480 e. The number of hydrogen-bond donors (Lipinski definition) is 1. The standard InChI is InChI=1S/C19H14F4N2O3S/c1-2-13(17(27)28)25-14-8-4-7-12(19(21,22)23)15(14)29-18(25)24-16(26)10-5-3-6-11(20)9-10/h3-9,13H,2H2,1H3,(H,27,28)/b24-18-. The van der Waals surface area contributed by atoms with Crippen molar-refractivity contribution in [3.8, 4) is 0 Å². The van der Waals surface area contributed by atoms with Crippen LogP contribution in [0.4, 0.5) is 17.6 Å². The van der Waals surface area contributed by atoms with Gasteiger partial charge in [0.05, 0.1) is 15.8 Å². The van der Waals surface area contributed by atoms with Gasteiger partial charge in [0.15, 0.2) is 4.80 Å². The van der Waals surface area contributed by atoms with E-state index in [2.05, 4.69) is 4.99 Å². The highest BCUT2D eigenvalue weighted by molar-refractivity contribution is 7.16. The van der Waals surface area contributed by atoms with E-state index in [1.54, 1.807) is 6.92 Å². The maximum atomic E-state index is 13.4. The summed E-state index contributed by atoms with van der Waals surface area (Å²) in [5.41, 5.74) is -1.05. The van der Waals surface area contributed by atoms with E-state index < -0.39 is 35.5 Å². The second-order valence-electron chi connectivity index (χ2n) is 6.10. The second kappa shape index (κ2) is 7.78. The number of fused-ring (bicyclic) bond motifs is 1. The number of aliphatic carboxylic acids is 1. The van der Waals surface area contributed by atoms with E-state index in [9.17, 15) is 32.3 Å². The molecule has 3 aromatic rings. The average Bonchev–Trinajstić information content (AvgIpc) is 2.99. The molecule has 0 saturated heterocycles. The predicted octanol–water partition coefficient (Wildman–Crippen LogP) is 4.64. The number of thiazole rings is 1. The van der Waals surface area contributed by atoms with Gasteiger partial charge in [-0.3, -0.25) is 4.79 Å². The number of nitrogens with zero attached hydrogens (tertiary/aromatic N) is 2. The van der Waals surface area contributed by atoms with Gasteiger partial charge in [0, 0.05) is 5.56 Å². The summed E-state index contributed by atoms with van der Waals surface area (Å²) in [6.07, 6.45) is -4.62. The number of alkyl halides is 3. The minimum absolute atomic E-state index is 0.00451. The summed E-state index contributed by atoms with van der Waals surface area (Å²) in [6, 6.07) is 6.84. The van der Waals surface area contributed by atoms with Crippen molar-refractivity contribution in [2.24, 2.45) is 4.99 Å². The first-order chi connectivity index (χ1) is 13.6. The predicted molar refractivity (Wildman–Crippen MR) is 98.1 cm³/mol. The van der Waals surface area contributed by atoms with Gasteiger partial charge in [-0.2, -0.15) is 18.2 Å². The van der Waals surface area contributed by atoms with Gasteiger partial charge in [-0.1, -0.05) is 30.4 Å². The summed E-state index contributed by atoms with van der Waals surface area (Å²) in [5, 5.41) is 9.53. The van der Waals surface area contributed by atoms with E-state index in [4.69, 9.17) is 0 Å². The number of carbonyl (C=O) groups is 2. The highest BCUT2D eigenvalue weighted by Gasteiger charge is 2.34. The molecule has 1 aromatic heterocycles. The van der Waals surface area contributed by atoms with Crippen LogP contribution in [0.2, 0.25) is 0 Å². The first kappa shape index (κ1) is 20.7. The van der Waals surface area contributed by atoms with Crippen LogP contribution >= 0.6 is 11.3 Å². The van der Waals surface area contributed by atoms with Gasteiger partial charge in [-0.25, -0.2) is 9.18 Å². The van der Waals surface area contributed by atoms with Crippen molar-refractivity contribution in [3.05, 3.63) is 64.2 Å². The molecule has 29 heavy (non-hydrogen) atoms. The van der Waals surface area contributed by atoms with E-state index in [0.717, 1.165) is 22.8 Å². The fourth-order valence-electron chi connectivity index (χ4n) is 2.91. The Balaban J connectivity index is 2.33. The Morgan fingerprint density at radius 1 is 1.21 bits per heavy atom. The monoisotopic (exact) mass is 426 g/mol. The van der Waals surface area contributed by atoms with Crippen molar-refractivity contribution in [2.45, 2.75) is 25.6 Å². The molecule has 0 aliphatic carbocycles. The van der Waals surface area contributed by atoms with Gasteiger partial charge in [-0.15, -0.1) is 0 Å². The maximum Gasteiger partial charge on any atom is 0.417 e. The molecule has 1 unspecified atom stereocenters. The number of rotatable bonds is 4. The smallest absolute Gasteiger partial charge is 0.417 e. The lowest BCUT2D eigenvalue weighted by atomic mass is 10.1. The number of carboxylic acids is 1. The normalized spacial score (nSPS) is 13.6. The fraction of sp³-hybridized carbons (Fsp3) is 0.211. The van der Waals surface area contributed by atoms with Crippen LogP contribution in [-0.4, -0.2) is 21.6 Å². The lowest BCUT2D eigenvalue weighted by Crippen LogP contribution is -2.27. The van der Waals surface area contributed by atoms with Crippen molar-refractivity contribution in [2.75, 3.05) is 0 Å².